The van der Waals surface area contributed by atoms with Crippen LogP contribution in [-0.2, 0) is 9.53 Å². The molecule has 2 fully saturated rings. The van der Waals surface area contributed by atoms with E-state index in [1.54, 1.807) is 21.6 Å². The number of carbonyl (C=O) groups is 1. The minimum absolute atomic E-state index is 0.113. The molecule has 2 aliphatic rings. The SMILES string of the molecule is CCCCCCCCCCCCN1C(=O)/C(=C\c2c(N3CCOCC3)nc3c(C)cccn3c2=O)SC1=S. The Hall–Kier alpha value is -2.23. The van der Waals surface area contributed by atoms with Gasteiger partial charge in [-0.25, -0.2) is 4.98 Å². The summed E-state index contributed by atoms with van der Waals surface area (Å²) in [7, 11) is 0. The molecule has 0 atom stereocenters. The van der Waals surface area contributed by atoms with Crippen molar-refractivity contribution in [3.8, 4) is 0 Å². The Morgan fingerprint density at radius 3 is 2.37 bits per heavy atom. The van der Waals surface area contributed by atoms with Gasteiger partial charge in [-0.2, -0.15) is 0 Å². The predicted molar refractivity (Wildman–Crippen MR) is 161 cm³/mol. The molecule has 0 spiro atoms. The van der Waals surface area contributed by atoms with Crippen molar-refractivity contribution >= 4 is 51.7 Å². The number of anilines is 1. The van der Waals surface area contributed by atoms with Crippen LogP contribution in [0.25, 0.3) is 11.7 Å². The van der Waals surface area contributed by atoms with Crippen molar-refractivity contribution in [2.75, 3.05) is 37.7 Å². The van der Waals surface area contributed by atoms with Gasteiger partial charge in [0.15, 0.2) is 0 Å². The lowest BCUT2D eigenvalue weighted by atomic mass is 10.1. The highest BCUT2D eigenvalue weighted by Gasteiger charge is 2.32. The molecule has 9 heteroatoms. The van der Waals surface area contributed by atoms with Crippen molar-refractivity contribution in [2.24, 2.45) is 0 Å². The molecule has 0 saturated carbocycles. The van der Waals surface area contributed by atoms with Crippen molar-refractivity contribution in [2.45, 2.75) is 78.1 Å². The van der Waals surface area contributed by atoms with Crippen molar-refractivity contribution in [1.82, 2.24) is 14.3 Å². The summed E-state index contributed by atoms with van der Waals surface area (Å²) in [5.74, 6) is 0.491. The largest absolute Gasteiger partial charge is 0.378 e. The normalized spacial score (nSPS) is 17.4. The van der Waals surface area contributed by atoms with Gasteiger partial charge in [0.05, 0.1) is 23.7 Å². The third-order valence-corrected chi connectivity index (χ3v) is 8.64. The number of amides is 1. The van der Waals surface area contributed by atoms with Crippen LogP contribution < -0.4 is 10.5 Å². The van der Waals surface area contributed by atoms with Crippen LogP contribution in [0.15, 0.2) is 28.0 Å². The molecule has 206 valence electrons. The summed E-state index contributed by atoms with van der Waals surface area (Å²) in [4.78, 5) is 36.1. The van der Waals surface area contributed by atoms with E-state index in [9.17, 15) is 9.59 Å². The lowest BCUT2D eigenvalue weighted by Crippen LogP contribution is -2.38. The van der Waals surface area contributed by atoms with Crippen molar-refractivity contribution in [3.63, 3.8) is 0 Å². The second-order valence-corrected chi connectivity index (χ2v) is 11.8. The first-order chi connectivity index (χ1) is 18.5. The molecule has 0 unspecified atom stereocenters. The maximum Gasteiger partial charge on any atom is 0.267 e. The molecular weight excluding hydrogens is 516 g/mol. The molecule has 2 saturated heterocycles. The fourth-order valence-electron chi connectivity index (χ4n) is 5.02. The zero-order valence-electron chi connectivity index (χ0n) is 22.7. The second kappa shape index (κ2) is 14.2. The van der Waals surface area contributed by atoms with Crippen molar-refractivity contribution in [3.05, 3.63) is 44.7 Å². The molecule has 2 aromatic rings. The summed E-state index contributed by atoms with van der Waals surface area (Å²) in [6, 6.07) is 3.79. The number of morpholine rings is 1. The molecule has 4 heterocycles. The van der Waals surface area contributed by atoms with E-state index in [1.807, 2.05) is 19.1 Å². The fraction of sp³-hybridized carbons (Fsp3) is 0.586. The first-order valence-electron chi connectivity index (χ1n) is 14.1. The minimum Gasteiger partial charge on any atom is -0.378 e. The van der Waals surface area contributed by atoms with Gasteiger partial charge in [-0.1, -0.05) is 94.8 Å². The van der Waals surface area contributed by atoms with Crippen molar-refractivity contribution in [1.29, 1.82) is 0 Å². The molecule has 0 bridgehead atoms. The Balaban J connectivity index is 1.43. The van der Waals surface area contributed by atoms with Crippen LogP contribution >= 0.6 is 24.0 Å². The van der Waals surface area contributed by atoms with E-state index in [2.05, 4.69) is 11.8 Å². The number of hydrogen-bond acceptors (Lipinski definition) is 7. The highest BCUT2D eigenvalue weighted by molar-refractivity contribution is 8.26. The number of nitrogens with zero attached hydrogens (tertiary/aromatic N) is 4. The van der Waals surface area contributed by atoms with E-state index in [1.165, 1.54) is 63.1 Å². The number of aromatic nitrogens is 2. The smallest absolute Gasteiger partial charge is 0.267 e. The van der Waals surface area contributed by atoms with Crippen LogP contribution in [0.3, 0.4) is 0 Å². The monoisotopic (exact) mass is 556 g/mol. The van der Waals surface area contributed by atoms with Gasteiger partial charge in [-0.15, -0.1) is 0 Å². The summed E-state index contributed by atoms with van der Waals surface area (Å²) in [6.45, 7) is 7.28. The average Bonchev–Trinajstić information content (AvgIpc) is 3.19. The van der Waals surface area contributed by atoms with Gasteiger partial charge in [0.25, 0.3) is 11.5 Å². The van der Waals surface area contributed by atoms with E-state index >= 15 is 0 Å². The minimum atomic E-state index is -0.180. The van der Waals surface area contributed by atoms with Gasteiger partial charge in [-0.05, 0) is 31.1 Å². The number of aryl methyl sites for hydroxylation is 1. The second-order valence-electron chi connectivity index (χ2n) is 10.2. The summed E-state index contributed by atoms with van der Waals surface area (Å²) >= 11 is 6.85. The fourth-order valence-corrected chi connectivity index (χ4v) is 6.31. The van der Waals surface area contributed by atoms with Gasteiger partial charge < -0.3 is 9.64 Å². The quantitative estimate of drug-likeness (QED) is 0.171. The van der Waals surface area contributed by atoms with Crippen molar-refractivity contribution < 1.29 is 9.53 Å². The molecule has 0 aliphatic carbocycles. The third kappa shape index (κ3) is 7.04. The van der Waals surface area contributed by atoms with E-state index in [0.29, 0.717) is 59.1 Å². The highest BCUT2D eigenvalue weighted by atomic mass is 32.2. The highest BCUT2D eigenvalue weighted by Crippen LogP contribution is 2.34. The number of fused-ring (bicyclic) bond motifs is 1. The number of ether oxygens (including phenoxy) is 1. The van der Waals surface area contributed by atoms with E-state index < -0.39 is 0 Å². The molecule has 1 amide bonds. The van der Waals surface area contributed by atoms with Gasteiger partial charge >= 0.3 is 0 Å². The number of hydrogen-bond donors (Lipinski definition) is 0. The number of thioether (sulfide) groups is 1. The van der Waals surface area contributed by atoms with E-state index in [4.69, 9.17) is 21.9 Å². The van der Waals surface area contributed by atoms with Gasteiger partial charge in [0, 0.05) is 25.8 Å². The topological polar surface area (TPSA) is 67.2 Å². The lowest BCUT2D eigenvalue weighted by molar-refractivity contribution is -0.122. The maximum atomic E-state index is 13.6. The molecule has 2 aromatic heterocycles. The Bertz CT molecular complexity index is 1220. The number of unbranched alkanes of at least 4 members (excludes halogenated alkanes) is 9. The molecule has 38 heavy (non-hydrogen) atoms. The number of carbonyl (C=O) groups excluding carboxylic acids is 1. The van der Waals surface area contributed by atoms with E-state index in [0.717, 1.165) is 18.4 Å². The molecule has 2 aliphatic heterocycles. The van der Waals surface area contributed by atoms with Crippen LogP contribution in [0.2, 0.25) is 0 Å². The lowest BCUT2D eigenvalue weighted by Gasteiger charge is -2.29. The summed E-state index contributed by atoms with van der Waals surface area (Å²) in [6.07, 6.45) is 15.9. The molecule has 0 aromatic carbocycles. The maximum absolute atomic E-state index is 13.6. The predicted octanol–water partition coefficient (Wildman–Crippen LogP) is 5.96. The molecule has 0 N–H and O–H groups in total. The van der Waals surface area contributed by atoms with Gasteiger partial charge in [0.1, 0.15) is 15.8 Å². The summed E-state index contributed by atoms with van der Waals surface area (Å²) < 4.78 is 7.65. The van der Waals surface area contributed by atoms with Crippen LogP contribution in [0.5, 0.6) is 0 Å². The standard InChI is InChI=1S/C29H40N4O3S2/c1-3-4-5-6-7-8-9-10-11-12-15-33-28(35)24(38-29(33)37)21-23-26(31-17-19-36-20-18-31)30-25-22(2)14-13-16-32(25)27(23)34/h13-14,16,21H,3-12,15,17-20H2,1-2H3/b24-21+. The third-order valence-electron chi connectivity index (χ3n) is 7.26. The first kappa shape index (κ1) is 28.8. The zero-order chi connectivity index (χ0) is 26.9. The number of thiocarbonyl (C=S) groups is 1. The van der Waals surface area contributed by atoms with Crippen LogP contribution in [-0.4, -0.2) is 57.4 Å². The van der Waals surface area contributed by atoms with Gasteiger partial charge in [-0.3, -0.25) is 18.9 Å². The van der Waals surface area contributed by atoms with Crippen LogP contribution in [0.4, 0.5) is 5.82 Å². The van der Waals surface area contributed by atoms with Gasteiger partial charge in [0.2, 0.25) is 0 Å². The average molecular weight is 557 g/mol. The summed E-state index contributed by atoms with van der Waals surface area (Å²) in [5.41, 5.74) is 1.80. The Morgan fingerprint density at radius 2 is 1.68 bits per heavy atom. The molecule has 4 rings (SSSR count). The Kier molecular flexibility index (Phi) is 10.8. The Labute approximate surface area is 235 Å². The number of rotatable bonds is 13. The molecular formula is C29H40N4O3S2. The molecule has 0 radical (unpaired) electrons. The van der Waals surface area contributed by atoms with E-state index in [-0.39, 0.29) is 11.5 Å². The first-order valence-corrected chi connectivity index (χ1v) is 15.3. The Morgan fingerprint density at radius 1 is 1.03 bits per heavy atom. The van der Waals surface area contributed by atoms with Crippen LogP contribution in [0, 0.1) is 6.92 Å². The van der Waals surface area contributed by atoms with Crippen LogP contribution in [0.1, 0.15) is 82.3 Å². The molecule has 7 nitrogen and oxygen atoms in total. The zero-order valence-corrected chi connectivity index (χ0v) is 24.4. The summed E-state index contributed by atoms with van der Waals surface area (Å²) in [5, 5.41) is 0. The number of pyridine rings is 1.